The molecule has 0 saturated carbocycles. The lowest BCUT2D eigenvalue weighted by Crippen LogP contribution is -2.30. The number of benzene rings is 1. The van der Waals surface area contributed by atoms with Crippen LogP contribution in [-0.4, -0.2) is 24.3 Å². The summed E-state index contributed by atoms with van der Waals surface area (Å²) in [5, 5.41) is -0.000915. The highest BCUT2D eigenvalue weighted by atomic mass is 35.5. The van der Waals surface area contributed by atoms with Crippen LogP contribution in [0.3, 0.4) is 0 Å². The number of sulfonamides is 1. The average Bonchev–Trinajstić information content (AvgIpc) is 2.46. The van der Waals surface area contributed by atoms with E-state index in [1.165, 1.54) is 16.6 Å². The van der Waals surface area contributed by atoms with Crippen LogP contribution in [0.1, 0.15) is 12.5 Å². The molecule has 0 fully saturated rings. The van der Waals surface area contributed by atoms with Gasteiger partial charge in [0.25, 0.3) is 0 Å². The van der Waals surface area contributed by atoms with Gasteiger partial charge in [-0.05, 0) is 17.7 Å². The molecule has 106 valence electrons. The average molecular weight is 311 g/mol. The summed E-state index contributed by atoms with van der Waals surface area (Å²) in [5.74, 6) is 0. The summed E-state index contributed by atoms with van der Waals surface area (Å²) in [7, 11) is -3.64. The molecule has 1 heterocycles. The van der Waals surface area contributed by atoms with Gasteiger partial charge < -0.3 is 0 Å². The topological polar surface area (TPSA) is 50.3 Å². The van der Waals surface area contributed by atoms with E-state index < -0.39 is 10.0 Å². The summed E-state index contributed by atoms with van der Waals surface area (Å²) in [4.78, 5) is 3.87. The van der Waals surface area contributed by atoms with Gasteiger partial charge in [-0.15, -0.1) is 0 Å². The van der Waals surface area contributed by atoms with Gasteiger partial charge in [-0.1, -0.05) is 48.9 Å². The lowest BCUT2D eigenvalue weighted by molar-refractivity contribution is 0.423. The van der Waals surface area contributed by atoms with E-state index in [9.17, 15) is 8.42 Å². The molecule has 6 heteroatoms. The Morgan fingerprint density at radius 1 is 1.15 bits per heavy atom. The van der Waals surface area contributed by atoms with Crippen molar-refractivity contribution in [2.45, 2.75) is 18.4 Å². The Kier molecular flexibility index (Phi) is 4.75. The van der Waals surface area contributed by atoms with Crippen LogP contribution in [-0.2, 0) is 16.6 Å². The van der Waals surface area contributed by atoms with Gasteiger partial charge in [0.15, 0.2) is 0 Å². The Balaban J connectivity index is 2.34. The fourth-order valence-electron chi connectivity index (χ4n) is 1.86. The van der Waals surface area contributed by atoms with Crippen LogP contribution in [0, 0.1) is 0 Å². The molecule has 0 N–H and O–H groups in total. The maximum atomic E-state index is 12.6. The van der Waals surface area contributed by atoms with Gasteiger partial charge in [0, 0.05) is 19.3 Å². The van der Waals surface area contributed by atoms with E-state index in [2.05, 4.69) is 4.98 Å². The summed E-state index contributed by atoms with van der Waals surface area (Å²) in [6.07, 6.45) is 1.47. The molecular weight excluding hydrogens is 296 g/mol. The Bertz CT molecular complexity index is 675. The molecule has 0 bridgehead atoms. The predicted octanol–water partition coefficient (Wildman–Crippen LogP) is 2.95. The third kappa shape index (κ3) is 3.17. The number of halogens is 1. The third-order valence-corrected chi connectivity index (χ3v) is 5.26. The zero-order valence-corrected chi connectivity index (χ0v) is 12.6. The largest absolute Gasteiger partial charge is 0.246 e. The minimum absolute atomic E-state index is 0.000915. The van der Waals surface area contributed by atoms with Crippen LogP contribution in [0.15, 0.2) is 53.6 Å². The van der Waals surface area contributed by atoms with Crippen molar-refractivity contribution in [2.75, 3.05) is 6.54 Å². The first kappa shape index (κ1) is 15.0. The van der Waals surface area contributed by atoms with E-state index in [0.717, 1.165) is 5.56 Å². The van der Waals surface area contributed by atoms with Crippen molar-refractivity contribution in [3.05, 3.63) is 59.4 Å². The molecule has 0 unspecified atom stereocenters. The van der Waals surface area contributed by atoms with Gasteiger partial charge in [-0.25, -0.2) is 13.4 Å². The molecule has 0 atom stereocenters. The van der Waals surface area contributed by atoms with E-state index in [1.54, 1.807) is 13.0 Å². The minimum atomic E-state index is -3.64. The number of rotatable bonds is 5. The fraction of sp³-hybridized carbons (Fsp3) is 0.214. The number of hydrogen-bond donors (Lipinski definition) is 0. The van der Waals surface area contributed by atoms with Crippen LogP contribution in [0.25, 0.3) is 0 Å². The lowest BCUT2D eigenvalue weighted by Gasteiger charge is -2.20. The van der Waals surface area contributed by atoms with Crippen molar-refractivity contribution in [3.8, 4) is 0 Å². The zero-order chi connectivity index (χ0) is 14.6. The Hall–Kier alpha value is -1.43. The van der Waals surface area contributed by atoms with Crippen molar-refractivity contribution in [1.82, 2.24) is 9.29 Å². The molecule has 0 aliphatic heterocycles. The number of aromatic nitrogens is 1. The van der Waals surface area contributed by atoms with Crippen molar-refractivity contribution < 1.29 is 8.42 Å². The van der Waals surface area contributed by atoms with Crippen LogP contribution < -0.4 is 0 Å². The highest BCUT2D eigenvalue weighted by molar-refractivity contribution is 7.89. The molecule has 1 aromatic carbocycles. The second-order valence-electron chi connectivity index (χ2n) is 4.21. The molecule has 20 heavy (non-hydrogen) atoms. The SMILES string of the molecule is CCN(Cc1ccccc1)S(=O)(=O)c1cccnc1Cl. The standard InChI is InChI=1S/C14H15ClN2O2S/c1-2-17(11-12-7-4-3-5-8-12)20(18,19)13-9-6-10-16-14(13)15/h3-10H,2,11H2,1H3. The molecule has 0 amide bonds. The summed E-state index contributed by atoms with van der Waals surface area (Å²) in [6.45, 7) is 2.47. The second-order valence-corrected chi connectivity index (χ2v) is 6.47. The highest BCUT2D eigenvalue weighted by Crippen LogP contribution is 2.23. The molecule has 2 aromatic rings. The molecule has 0 aliphatic rings. The predicted molar refractivity (Wildman–Crippen MR) is 79.0 cm³/mol. The van der Waals surface area contributed by atoms with Crippen molar-refractivity contribution in [1.29, 1.82) is 0 Å². The molecule has 0 saturated heterocycles. The fourth-order valence-corrected chi connectivity index (χ4v) is 3.72. The van der Waals surface area contributed by atoms with E-state index in [0.29, 0.717) is 13.1 Å². The third-order valence-electron chi connectivity index (χ3n) is 2.90. The molecule has 2 rings (SSSR count). The molecule has 0 radical (unpaired) electrons. The van der Waals surface area contributed by atoms with Crippen LogP contribution in [0.5, 0.6) is 0 Å². The lowest BCUT2D eigenvalue weighted by atomic mass is 10.2. The molecular formula is C14H15ClN2O2S. The van der Waals surface area contributed by atoms with Crippen molar-refractivity contribution in [3.63, 3.8) is 0 Å². The first-order valence-electron chi connectivity index (χ1n) is 6.20. The van der Waals surface area contributed by atoms with E-state index in [4.69, 9.17) is 11.6 Å². The Morgan fingerprint density at radius 2 is 1.85 bits per heavy atom. The highest BCUT2D eigenvalue weighted by Gasteiger charge is 2.25. The number of hydrogen-bond acceptors (Lipinski definition) is 3. The molecule has 4 nitrogen and oxygen atoms in total. The van der Waals surface area contributed by atoms with Gasteiger partial charge in [-0.2, -0.15) is 4.31 Å². The smallest absolute Gasteiger partial charge is 0.243 e. The maximum Gasteiger partial charge on any atom is 0.246 e. The Morgan fingerprint density at radius 3 is 2.45 bits per heavy atom. The quantitative estimate of drug-likeness (QED) is 0.798. The summed E-state index contributed by atoms with van der Waals surface area (Å²) in [5.41, 5.74) is 0.929. The molecule has 0 aliphatic carbocycles. The van der Waals surface area contributed by atoms with Gasteiger partial charge >= 0.3 is 0 Å². The van der Waals surface area contributed by atoms with E-state index in [-0.39, 0.29) is 10.0 Å². The monoisotopic (exact) mass is 310 g/mol. The first-order valence-corrected chi connectivity index (χ1v) is 8.02. The van der Waals surface area contributed by atoms with Crippen LogP contribution in [0.2, 0.25) is 5.15 Å². The molecule has 1 aromatic heterocycles. The van der Waals surface area contributed by atoms with Crippen LogP contribution >= 0.6 is 11.6 Å². The summed E-state index contributed by atoms with van der Waals surface area (Å²) < 4.78 is 26.6. The Labute approximate surface area is 124 Å². The summed E-state index contributed by atoms with van der Waals surface area (Å²) >= 11 is 5.90. The normalized spacial score (nSPS) is 11.8. The summed E-state index contributed by atoms with van der Waals surface area (Å²) in [6, 6.07) is 12.5. The number of nitrogens with zero attached hydrogens (tertiary/aromatic N) is 2. The van der Waals surface area contributed by atoms with Gasteiger partial charge in [0.1, 0.15) is 10.0 Å². The zero-order valence-electron chi connectivity index (χ0n) is 11.0. The van der Waals surface area contributed by atoms with Crippen LogP contribution in [0.4, 0.5) is 0 Å². The first-order chi connectivity index (χ1) is 9.55. The maximum absolute atomic E-state index is 12.6. The minimum Gasteiger partial charge on any atom is -0.243 e. The van der Waals surface area contributed by atoms with Crippen molar-refractivity contribution >= 4 is 21.6 Å². The van der Waals surface area contributed by atoms with E-state index in [1.807, 2.05) is 30.3 Å². The van der Waals surface area contributed by atoms with E-state index >= 15 is 0 Å². The molecule has 0 spiro atoms. The van der Waals surface area contributed by atoms with Gasteiger partial charge in [-0.3, -0.25) is 0 Å². The van der Waals surface area contributed by atoms with Crippen molar-refractivity contribution in [2.24, 2.45) is 0 Å². The van der Waals surface area contributed by atoms with Gasteiger partial charge in [0.2, 0.25) is 10.0 Å². The van der Waals surface area contributed by atoms with Gasteiger partial charge in [0.05, 0.1) is 0 Å². The second kappa shape index (κ2) is 6.35. The number of pyridine rings is 1.